The van der Waals surface area contributed by atoms with Crippen molar-refractivity contribution in [1.82, 2.24) is 4.98 Å². The second-order valence-electron chi connectivity index (χ2n) is 4.44. The molecule has 0 aliphatic heterocycles. The fourth-order valence-electron chi connectivity index (χ4n) is 1.92. The number of aromatic nitrogens is 1. The SMILES string of the molecule is Fc1ccc(NCc2cnc(Cl)s2)cc1C1CC1. The average molecular weight is 283 g/mol. The van der Waals surface area contributed by atoms with Crippen molar-refractivity contribution in [2.24, 2.45) is 0 Å². The van der Waals surface area contributed by atoms with Gasteiger partial charge < -0.3 is 5.32 Å². The van der Waals surface area contributed by atoms with Crippen molar-refractivity contribution in [2.45, 2.75) is 25.3 Å². The van der Waals surface area contributed by atoms with Gasteiger partial charge in [0.05, 0.1) is 6.54 Å². The van der Waals surface area contributed by atoms with E-state index in [-0.39, 0.29) is 5.82 Å². The van der Waals surface area contributed by atoms with E-state index in [1.54, 1.807) is 12.3 Å². The van der Waals surface area contributed by atoms with Gasteiger partial charge in [-0.2, -0.15) is 0 Å². The number of rotatable bonds is 4. The van der Waals surface area contributed by atoms with E-state index in [1.165, 1.54) is 17.4 Å². The van der Waals surface area contributed by atoms with Gasteiger partial charge in [0, 0.05) is 16.8 Å². The summed E-state index contributed by atoms with van der Waals surface area (Å²) in [7, 11) is 0. The van der Waals surface area contributed by atoms with Crippen LogP contribution in [0.2, 0.25) is 4.47 Å². The molecule has 1 aliphatic carbocycles. The molecule has 0 unspecified atom stereocenters. The first-order valence-electron chi connectivity index (χ1n) is 5.86. The lowest BCUT2D eigenvalue weighted by Crippen LogP contribution is -1.99. The van der Waals surface area contributed by atoms with Crippen LogP contribution in [0.4, 0.5) is 10.1 Å². The van der Waals surface area contributed by atoms with Gasteiger partial charge in [0.1, 0.15) is 5.82 Å². The zero-order valence-electron chi connectivity index (χ0n) is 9.62. The summed E-state index contributed by atoms with van der Waals surface area (Å²) in [6.07, 6.45) is 3.96. The quantitative estimate of drug-likeness (QED) is 0.897. The second kappa shape index (κ2) is 4.86. The Kier molecular flexibility index (Phi) is 3.22. The third kappa shape index (κ3) is 2.65. The van der Waals surface area contributed by atoms with Crippen LogP contribution in [0.5, 0.6) is 0 Å². The number of thiazole rings is 1. The molecule has 18 heavy (non-hydrogen) atoms. The lowest BCUT2D eigenvalue weighted by molar-refractivity contribution is 0.611. The lowest BCUT2D eigenvalue weighted by atomic mass is 10.1. The van der Waals surface area contributed by atoms with E-state index >= 15 is 0 Å². The van der Waals surface area contributed by atoms with E-state index in [9.17, 15) is 4.39 Å². The molecule has 0 bridgehead atoms. The summed E-state index contributed by atoms with van der Waals surface area (Å²) in [5.74, 6) is 0.327. The molecule has 0 amide bonds. The van der Waals surface area contributed by atoms with E-state index in [0.29, 0.717) is 16.9 Å². The van der Waals surface area contributed by atoms with Crippen molar-refractivity contribution in [1.29, 1.82) is 0 Å². The molecule has 1 aromatic carbocycles. The molecular weight excluding hydrogens is 271 g/mol. The predicted molar refractivity (Wildman–Crippen MR) is 72.8 cm³/mol. The first kappa shape index (κ1) is 11.9. The maximum Gasteiger partial charge on any atom is 0.183 e. The van der Waals surface area contributed by atoms with Crippen molar-refractivity contribution in [2.75, 3.05) is 5.32 Å². The number of benzene rings is 1. The van der Waals surface area contributed by atoms with Gasteiger partial charge in [0.2, 0.25) is 0 Å². The van der Waals surface area contributed by atoms with Gasteiger partial charge in [0.25, 0.3) is 0 Å². The monoisotopic (exact) mass is 282 g/mol. The minimum Gasteiger partial charge on any atom is -0.380 e. The van der Waals surface area contributed by atoms with Crippen LogP contribution in [0.3, 0.4) is 0 Å². The largest absolute Gasteiger partial charge is 0.380 e. The summed E-state index contributed by atoms with van der Waals surface area (Å²) in [6, 6.07) is 5.22. The van der Waals surface area contributed by atoms with Gasteiger partial charge in [-0.05, 0) is 42.5 Å². The number of halogens is 2. The Morgan fingerprint density at radius 3 is 2.94 bits per heavy atom. The summed E-state index contributed by atoms with van der Waals surface area (Å²) in [5, 5.41) is 3.27. The molecule has 1 aromatic heterocycles. The van der Waals surface area contributed by atoms with Gasteiger partial charge in [-0.15, -0.1) is 11.3 Å². The molecule has 1 heterocycles. The molecule has 2 aromatic rings. The van der Waals surface area contributed by atoms with E-state index in [0.717, 1.165) is 29.0 Å². The summed E-state index contributed by atoms with van der Waals surface area (Å²) >= 11 is 7.22. The molecule has 0 spiro atoms. The Balaban J connectivity index is 1.70. The van der Waals surface area contributed by atoms with Crippen LogP contribution in [-0.4, -0.2) is 4.98 Å². The number of anilines is 1. The number of nitrogens with one attached hydrogen (secondary N) is 1. The molecule has 1 N–H and O–H groups in total. The van der Waals surface area contributed by atoms with Crippen LogP contribution < -0.4 is 5.32 Å². The van der Waals surface area contributed by atoms with Crippen molar-refractivity contribution < 1.29 is 4.39 Å². The summed E-state index contributed by atoms with van der Waals surface area (Å²) in [5.41, 5.74) is 1.78. The minimum absolute atomic E-state index is 0.0936. The first-order chi connectivity index (χ1) is 8.72. The van der Waals surface area contributed by atoms with Crippen LogP contribution in [0.1, 0.15) is 29.2 Å². The van der Waals surface area contributed by atoms with Gasteiger partial charge in [-0.3, -0.25) is 0 Å². The molecule has 1 fully saturated rings. The van der Waals surface area contributed by atoms with Crippen LogP contribution in [0.25, 0.3) is 0 Å². The Hall–Kier alpha value is -1.13. The topological polar surface area (TPSA) is 24.9 Å². The number of hydrogen-bond acceptors (Lipinski definition) is 3. The number of nitrogens with zero attached hydrogens (tertiary/aromatic N) is 1. The minimum atomic E-state index is -0.0936. The first-order valence-corrected chi connectivity index (χ1v) is 7.05. The molecule has 0 atom stereocenters. The summed E-state index contributed by atoms with van der Waals surface area (Å²) < 4.78 is 14.1. The highest BCUT2D eigenvalue weighted by molar-refractivity contribution is 7.15. The van der Waals surface area contributed by atoms with E-state index in [2.05, 4.69) is 10.3 Å². The Morgan fingerprint density at radius 2 is 2.28 bits per heavy atom. The molecule has 1 saturated carbocycles. The molecule has 94 valence electrons. The molecule has 3 rings (SSSR count). The highest BCUT2D eigenvalue weighted by Gasteiger charge is 2.26. The molecule has 0 radical (unpaired) electrons. The second-order valence-corrected chi connectivity index (χ2v) is 6.14. The van der Waals surface area contributed by atoms with Crippen LogP contribution in [0, 0.1) is 5.82 Å². The van der Waals surface area contributed by atoms with E-state index in [4.69, 9.17) is 11.6 Å². The maximum atomic E-state index is 13.6. The summed E-state index contributed by atoms with van der Waals surface area (Å²) in [4.78, 5) is 5.05. The third-order valence-corrected chi connectivity index (χ3v) is 4.12. The fourth-order valence-corrected chi connectivity index (χ4v) is 2.83. The Morgan fingerprint density at radius 1 is 1.44 bits per heavy atom. The third-order valence-electron chi connectivity index (χ3n) is 3.01. The van der Waals surface area contributed by atoms with Gasteiger partial charge >= 0.3 is 0 Å². The zero-order chi connectivity index (χ0) is 12.5. The molecular formula is C13H12ClFN2S. The summed E-state index contributed by atoms with van der Waals surface area (Å²) in [6.45, 7) is 0.667. The molecule has 2 nitrogen and oxygen atoms in total. The Bertz CT molecular complexity index is 566. The van der Waals surface area contributed by atoms with Crippen LogP contribution >= 0.6 is 22.9 Å². The van der Waals surface area contributed by atoms with Gasteiger partial charge in [0.15, 0.2) is 4.47 Å². The molecule has 5 heteroatoms. The highest BCUT2D eigenvalue weighted by Crippen LogP contribution is 2.42. The maximum absolute atomic E-state index is 13.6. The molecule has 0 saturated heterocycles. The van der Waals surface area contributed by atoms with Crippen LogP contribution in [-0.2, 0) is 6.54 Å². The molecule has 1 aliphatic rings. The normalized spacial score (nSPS) is 14.8. The van der Waals surface area contributed by atoms with Crippen molar-refractivity contribution >= 4 is 28.6 Å². The van der Waals surface area contributed by atoms with Crippen LogP contribution in [0.15, 0.2) is 24.4 Å². The Labute approximate surface area is 114 Å². The van der Waals surface area contributed by atoms with Crippen molar-refractivity contribution in [3.63, 3.8) is 0 Å². The fraction of sp³-hybridized carbons (Fsp3) is 0.308. The standard InChI is InChI=1S/C13H12ClFN2S/c14-13-17-7-10(18-13)6-16-9-3-4-12(15)11(5-9)8-1-2-8/h3-5,7-8,16H,1-2,6H2. The zero-order valence-corrected chi connectivity index (χ0v) is 11.2. The van der Waals surface area contributed by atoms with E-state index < -0.39 is 0 Å². The number of hydrogen-bond donors (Lipinski definition) is 1. The smallest absolute Gasteiger partial charge is 0.183 e. The average Bonchev–Trinajstić information content (AvgIpc) is 3.12. The lowest BCUT2D eigenvalue weighted by Gasteiger charge is -2.07. The van der Waals surface area contributed by atoms with Gasteiger partial charge in [-0.1, -0.05) is 11.6 Å². The highest BCUT2D eigenvalue weighted by atomic mass is 35.5. The predicted octanol–water partition coefficient (Wildman–Crippen LogP) is 4.43. The van der Waals surface area contributed by atoms with E-state index in [1.807, 2.05) is 6.07 Å². The van der Waals surface area contributed by atoms with Crippen molar-refractivity contribution in [3.05, 3.63) is 45.1 Å². The van der Waals surface area contributed by atoms with Crippen molar-refractivity contribution in [3.8, 4) is 0 Å². The van der Waals surface area contributed by atoms with Gasteiger partial charge in [-0.25, -0.2) is 9.37 Å².